The zero-order valence-corrected chi connectivity index (χ0v) is 16.4. The van der Waals surface area contributed by atoms with Crippen molar-refractivity contribution in [2.45, 2.75) is 13.5 Å². The van der Waals surface area contributed by atoms with Crippen molar-refractivity contribution in [1.29, 1.82) is 0 Å². The number of aryl methyl sites for hydroxylation is 1. The van der Waals surface area contributed by atoms with Crippen LogP contribution in [0.15, 0.2) is 30.6 Å². The molecular weight excluding hydrogens is 384 g/mol. The van der Waals surface area contributed by atoms with E-state index in [0.717, 1.165) is 5.56 Å². The van der Waals surface area contributed by atoms with Crippen molar-refractivity contribution in [3.63, 3.8) is 0 Å². The number of benzene rings is 1. The highest BCUT2D eigenvalue weighted by molar-refractivity contribution is 7.85. The van der Waals surface area contributed by atoms with E-state index < -0.39 is 10.8 Å². The monoisotopic (exact) mass is 402 g/mol. The van der Waals surface area contributed by atoms with Crippen LogP contribution in [-0.4, -0.2) is 48.7 Å². The van der Waals surface area contributed by atoms with Gasteiger partial charge in [0.05, 0.1) is 0 Å². The molecule has 1 fully saturated rings. The van der Waals surface area contributed by atoms with Crippen molar-refractivity contribution in [1.82, 2.24) is 19.9 Å². The summed E-state index contributed by atoms with van der Waals surface area (Å²) >= 11 is 6.19. The van der Waals surface area contributed by atoms with Crippen LogP contribution in [0.5, 0.6) is 0 Å². The van der Waals surface area contributed by atoms with Crippen molar-refractivity contribution in [3.8, 4) is 0 Å². The molecule has 0 spiro atoms. The van der Waals surface area contributed by atoms with Gasteiger partial charge >= 0.3 is 0 Å². The first kappa shape index (κ1) is 18.1. The second-order valence-corrected chi connectivity index (χ2v) is 8.44. The second kappa shape index (κ2) is 7.74. The van der Waals surface area contributed by atoms with Gasteiger partial charge in [-0.05, 0) is 24.1 Å². The summed E-state index contributed by atoms with van der Waals surface area (Å²) in [5.41, 5.74) is 3.60. The van der Waals surface area contributed by atoms with Crippen molar-refractivity contribution >= 4 is 45.1 Å². The number of anilines is 2. The normalized spacial score (nSPS) is 15.3. The molecule has 3 heterocycles. The van der Waals surface area contributed by atoms with E-state index in [1.165, 1.54) is 11.9 Å². The van der Waals surface area contributed by atoms with Gasteiger partial charge in [-0.3, -0.25) is 4.21 Å². The summed E-state index contributed by atoms with van der Waals surface area (Å²) in [6.45, 7) is 3.99. The SMILES string of the molecule is Cc1ccc(CNc2ncnc3c(N4CCS(=O)CC4)nc(Cl)nc23)cc1. The van der Waals surface area contributed by atoms with E-state index in [9.17, 15) is 4.21 Å². The maximum Gasteiger partial charge on any atom is 0.225 e. The first-order valence-corrected chi connectivity index (χ1v) is 10.5. The molecule has 0 amide bonds. The Labute approximate surface area is 164 Å². The molecule has 3 aromatic rings. The van der Waals surface area contributed by atoms with Crippen LogP contribution in [0.25, 0.3) is 11.0 Å². The van der Waals surface area contributed by atoms with Gasteiger partial charge in [0.15, 0.2) is 11.6 Å². The number of aromatic nitrogens is 4. The third-order valence-corrected chi connectivity index (χ3v) is 5.94. The lowest BCUT2D eigenvalue weighted by molar-refractivity contribution is 0.672. The lowest BCUT2D eigenvalue weighted by atomic mass is 10.1. The fraction of sp³-hybridized carbons (Fsp3) is 0.333. The van der Waals surface area contributed by atoms with E-state index in [1.807, 2.05) is 0 Å². The van der Waals surface area contributed by atoms with Gasteiger partial charge in [-0.1, -0.05) is 29.8 Å². The highest BCUT2D eigenvalue weighted by atomic mass is 35.5. The fourth-order valence-corrected chi connectivity index (χ4v) is 4.21. The Hall–Kier alpha value is -2.32. The first-order valence-electron chi connectivity index (χ1n) is 8.68. The zero-order valence-electron chi connectivity index (χ0n) is 14.9. The van der Waals surface area contributed by atoms with E-state index in [1.54, 1.807) is 0 Å². The average Bonchev–Trinajstić information content (AvgIpc) is 2.68. The van der Waals surface area contributed by atoms with Crippen molar-refractivity contribution in [3.05, 3.63) is 47.0 Å². The standard InChI is InChI=1S/C18H19ClN6OS/c1-12-2-4-13(5-3-12)10-20-16-14-15(21-11-22-16)17(24-18(19)23-14)25-6-8-27(26)9-7-25/h2-5,11H,6-10H2,1H3,(H,20,21,22). The largest absolute Gasteiger partial charge is 0.364 e. The van der Waals surface area contributed by atoms with E-state index in [2.05, 4.69) is 61.3 Å². The molecule has 0 bridgehead atoms. The van der Waals surface area contributed by atoms with E-state index in [0.29, 0.717) is 53.8 Å². The molecule has 1 N–H and O–H groups in total. The Morgan fingerprint density at radius 1 is 1.11 bits per heavy atom. The molecule has 0 aliphatic carbocycles. The van der Waals surface area contributed by atoms with E-state index >= 15 is 0 Å². The maximum atomic E-state index is 11.7. The predicted molar refractivity (Wildman–Crippen MR) is 109 cm³/mol. The van der Waals surface area contributed by atoms with Crippen molar-refractivity contribution in [2.24, 2.45) is 0 Å². The van der Waals surface area contributed by atoms with Crippen LogP contribution >= 0.6 is 11.6 Å². The molecule has 1 aliphatic heterocycles. The Balaban J connectivity index is 1.66. The predicted octanol–water partition coefficient (Wildman–Crippen LogP) is 2.56. The minimum Gasteiger partial charge on any atom is -0.364 e. The topological polar surface area (TPSA) is 83.9 Å². The lowest BCUT2D eigenvalue weighted by Gasteiger charge is -2.27. The maximum absolute atomic E-state index is 11.7. The summed E-state index contributed by atoms with van der Waals surface area (Å²) in [6, 6.07) is 8.30. The third-order valence-electron chi connectivity index (χ3n) is 4.49. The van der Waals surface area contributed by atoms with Gasteiger partial charge in [0.1, 0.15) is 17.4 Å². The molecule has 7 nitrogen and oxygen atoms in total. The number of fused-ring (bicyclic) bond motifs is 1. The van der Waals surface area contributed by atoms with Gasteiger partial charge in [-0.25, -0.2) is 15.0 Å². The van der Waals surface area contributed by atoms with E-state index in [4.69, 9.17) is 11.6 Å². The minimum absolute atomic E-state index is 0.150. The summed E-state index contributed by atoms with van der Waals surface area (Å²) < 4.78 is 11.7. The van der Waals surface area contributed by atoms with Gasteiger partial charge in [-0.15, -0.1) is 0 Å². The molecule has 1 saturated heterocycles. The highest BCUT2D eigenvalue weighted by Gasteiger charge is 2.21. The molecule has 4 rings (SSSR count). The third kappa shape index (κ3) is 4.01. The van der Waals surface area contributed by atoms with Gasteiger partial charge in [0.2, 0.25) is 5.28 Å². The van der Waals surface area contributed by atoms with Crippen molar-refractivity contribution in [2.75, 3.05) is 34.8 Å². The van der Waals surface area contributed by atoms with Gasteiger partial charge in [0, 0.05) is 41.9 Å². The van der Waals surface area contributed by atoms with Crippen LogP contribution in [0.3, 0.4) is 0 Å². The van der Waals surface area contributed by atoms with Crippen LogP contribution in [-0.2, 0) is 17.3 Å². The molecular formula is C18H19ClN6OS. The number of rotatable bonds is 4. The van der Waals surface area contributed by atoms with Crippen molar-refractivity contribution < 1.29 is 4.21 Å². The number of halogens is 1. The number of hydrogen-bond donors (Lipinski definition) is 1. The summed E-state index contributed by atoms with van der Waals surface area (Å²) in [4.78, 5) is 19.5. The Bertz CT molecular complexity index is 987. The van der Waals surface area contributed by atoms with Crippen LogP contribution < -0.4 is 10.2 Å². The Morgan fingerprint density at radius 2 is 1.85 bits per heavy atom. The molecule has 27 heavy (non-hydrogen) atoms. The molecule has 9 heteroatoms. The molecule has 0 unspecified atom stereocenters. The number of nitrogens with zero attached hydrogens (tertiary/aromatic N) is 5. The zero-order chi connectivity index (χ0) is 18.8. The van der Waals surface area contributed by atoms with Gasteiger partial charge < -0.3 is 10.2 Å². The smallest absolute Gasteiger partial charge is 0.225 e. The lowest BCUT2D eigenvalue weighted by Crippen LogP contribution is -2.38. The van der Waals surface area contributed by atoms with Gasteiger partial charge in [-0.2, -0.15) is 4.98 Å². The first-order chi connectivity index (χ1) is 13.1. The van der Waals surface area contributed by atoms with Crippen LogP contribution in [0.4, 0.5) is 11.6 Å². The average molecular weight is 403 g/mol. The van der Waals surface area contributed by atoms with E-state index in [-0.39, 0.29) is 5.28 Å². The summed E-state index contributed by atoms with van der Waals surface area (Å²) in [7, 11) is -0.767. The molecule has 140 valence electrons. The van der Waals surface area contributed by atoms with Gasteiger partial charge in [0.25, 0.3) is 0 Å². The highest BCUT2D eigenvalue weighted by Crippen LogP contribution is 2.28. The number of hydrogen-bond acceptors (Lipinski definition) is 7. The molecule has 0 atom stereocenters. The quantitative estimate of drug-likeness (QED) is 0.671. The number of nitrogens with one attached hydrogen (secondary N) is 1. The van der Waals surface area contributed by atoms with Crippen LogP contribution in [0.1, 0.15) is 11.1 Å². The molecule has 2 aromatic heterocycles. The fourth-order valence-electron chi connectivity index (χ4n) is 3.00. The molecule has 0 radical (unpaired) electrons. The molecule has 1 aliphatic rings. The minimum atomic E-state index is -0.767. The Morgan fingerprint density at radius 3 is 2.59 bits per heavy atom. The molecule has 1 aromatic carbocycles. The second-order valence-electron chi connectivity index (χ2n) is 6.41. The summed E-state index contributed by atoms with van der Waals surface area (Å²) in [6.07, 6.45) is 1.50. The Kier molecular flexibility index (Phi) is 5.18. The molecule has 0 saturated carbocycles. The summed E-state index contributed by atoms with van der Waals surface area (Å²) in [5.74, 6) is 2.52. The summed E-state index contributed by atoms with van der Waals surface area (Å²) in [5, 5.41) is 3.47. The van der Waals surface area contributed by atoms with Crippen LogP contribution in [0.2, 0.25) is 5.28 Å². The van der Waals surface area contributed by atoms with Crippen LogP contribution in [0, 0.1) is 6.92 Å².